The van der Waals surface area contributed by atoms with E-state index in [0.29, 0.717) is 6.04 Å². The van der Waals surface area contributed by atoms with Crippen molar-refractivity contribution in [2.45, 2.75) is 33.7 Å². The molecule has 1 fully saturated rings. The number of nitrogens with one attached hydrogen (secondary N) is 1. The van der Waals surface area contributed by atoms with Gasteiger partial charge in [-0.1, -0.05) is 0 Å². The van der Waals surface area contributed by atoms with Crippen molar-refractivity contribution in [2.24, 2.45) is 0 Å². The molecule has 0 aliphatic carbocycles. The average Bonchev–Trinajstić information content (AvgIpc) is 2.34. The summed E-state index contributed by atoms with van der Waals surface area (Å²) in [6.45, 7) is 10.4. The van der Waals surface area contributed by atoms with E-state index < -0.39 is 0 Å². The Morgan fingerprint density at radius 2 is 2.17 bits per heavy atom. The summed E-state index contributed by atoms with van der Waals surface area (Å²) in [5.74, 6) is 5.29. The van der Waals surface area contributed by atoms with Crippen LogP contribution in [-0.4, -0.2) is 40.6 Å². The van der Waals surface area contributed by atoms with Gasteiger partial charge in [-0.25, -0.2) is 9.97 Å². The third-order valence-electron chi connectivity index (χ3n) is 3.22. The second kappa shape index (κ2) is 5.78. The number of aryl methyl sites for hydroxylation is 1. The molecule has 4 nitrogen and oxygen atoms in total. The van der Waals surface area contributed by atoms with Crippen molar-refractivity contribution in [3.05, 3.63) is 11.4 Å². The van der Waals surface area contributed by atoms with Gasteiger partial charge in [-0.2, -0.15) is 11.8 Å². The van der Waals surface area contributed by atoms with E-state index in [1.54, 1.807) is 0 Å². The first-order valence-electron chi connectivity index (χ1n) is 6.57. The molecule has 0 spiro atoms. The SMILES string of the molecule is CCNc1nc(C)nc(N2CCSCC2C)c1C. The Hall–Kier alpha value is -0.970. The van der Waals surface area contributed by atoms with Crippen LogP contribution in [0.25, 0.3) is 0 Å². The lowest BCUT2D eigenvalue weighted by Crippen LogP contribution is -2.41. The first kappa shape index (κ1) is 13.5. The molecule has 2 rings (SSSR count). The first-order valence-corrected chi connectivity index (χ1v) is 7.72. The summed E-state index contributed by atoms with van der Waals surface area (Å²) in [4.78, 5) is 11.6. The highest BCUT2D eigenvalue weighted by Gasteiger charge is 2.23. The van der Waals surface area contributed by atoms with Crippen LogP contribution in [0, 0.1) is 13.8 Å². The minimum atomic E-state index is 0.547. The first-order chi connectivity index (χ1) is 8.63. The number of thioether (sulfide) groups is 1. The largest absolute Gasteiger partial charge is 0.370 e. The normalized spacial score (nSPS) is 20.0. The summed E-state index contributed by atoms with van der Waals surface area (Å²) in [5.41, 5.74) is 1.17. The minimum Gasteiger partial charge on any atom is -0.370 e. The number of hydrogen-bond acceptors (Lipinski definition) is 5. The van der Waals surface area contributed by atoms with E-state index in [2.05, 4.69) is 41.0 Å². The molecule has 1 saturated heterocycles. The molecule has 1 N–H and O–H groups in total. The van der Waals surface area contributed by atoms with Crippen molar-refractivity contribution in [1.82, 2.24) is 9.97 Å². The average molecular weight is 266 g/mol. The van der Waals surface area contributed by atoms with Crippen molar-refractivity contribution in [3.63, 3.8) is 0 Å². The number of aromatic nitrogens is 2. The molecule has 0 radical (unpaired) electrons. The summed E-state index contributed by atoms with van der Waals surface area (Å²) in [6, 6.07) is 0.547. The van der Waals surface area contributed by atoms with E-state index in [4.69, 9.17) is 0 Å². The second-order valence-corrected chi connectivity index (χ2v) is 5.87. The van der Waals surface area contributed by atoms with Gasteiger partial charge in [0, 0.05) is 36.2 Å². The van der Waals surface area contributed by atoms with Crippen LogP contribution in [0.2, 0.25) is 0 Å². The van der Waals surface area contributed by atoms with Gasteiger partial charge in [0.1, 0.15) is 17.5 Å². The molecule has 0 saturated carbocycles. The quantitative estimate of drug-likeness (QED) is 0.910. The van der Waals surface area contributed by atoms with Crippen molar-refractivity contribution >= 4 is 23.4 Å². The monoisotopic (exact) mass is 266 g/mol. The zero-order valence-electron chi connectivity index (χ0n) is 11.7. The Labute approximate surface area is 114 Å². The highest BCUT2D eigenvalue weighted by Crippen LogP contribution is 2.28. The summed E-state index contributed by atoms with van der Waals surface area (Å²) < 4.78 is 0. The predicted molar refractivity (Wildman–Crippen MR) is 79.8 cm³/mol. The molecule has 1 aliphatic heterocycles. The van der Waals surface area contributed by atoms with E-state index >= 15 is 0 Å². The number of anilines is 2. The maximum Gasteiger partial charge on any atom is 0.137 e. The van der Waals surface area contributed by atoms with Crippen LogP contribution in [0.15, 0.2) is 0 Å². The van der Waals surface area contributed by atoms with Gasteiger partial charge in [-0.05, 0) is 27.7 Å². The Kier molecular flexibility index (Phi) is 4.32. The third kappa shape index (κ3) is 2.71. The van der Waals surface area contributed by atoms with E-state index in [1.807, 2.05) is 18.7 Å². The molecule has 1 unspecified atom stereocenters. The van der Waals surface area contributed by atoms with E-state index in [9.17, 15) is 0 Å². The van der Waals surface area contributed by atoms with Gasteiger partial charge in [-0.15, -0.1) is 0 Å². The lowest BCUT2D eigenvalue weighted by atomic mass is 10.2. The second-order valence-electron chi connectivity index (χ2n) is 4.72. The maximum absolute atomic E-state index is 4.66. The van der Waals surface area contributed by atoms with Crippen LogP contribution in [0.4, 0.5) is 11.6 Å². The Balaban J connectivity index is 2.36. The fraction of sp³-hybridized carbons (Fsp3) is 0.692. The van der Waals surface area contributed by atoms with E-state index in [1.165, 1.54) is 17.1 Å². The molecule has 0 amide bonds. The van der Waals surface area contributed by atoms with Gasteiger partial charge < -0.3 is 10.2 Å². The molecule has 2 heterocycles. The fourth-order valence-electron chi connectivity index (χ4n) is 2.27. The third-order valence-corrected chi connectivity index (χ3v) is 4.41. The summed E-state index contributed by atoms with van der Waals surface area (Å²) in [7, 11) is 0. The summed E-state index contributed by atoms with van der Waals surface area (Å²) in [6.07, 6.45) is 0. The highest BCUT2D eigenvalue weighted by molar-refractivity contribution is 7.99. The zero-order chi connectivity index (χ0) is 13.1. The van der Waals surface area contributed by atoms with E-state index in [0.717, 1.165) is 30.5 Å². The Morgan fingerprint density at radius 1 is 1.39 bits per heavy atom. The zero-order valence-corrected chi connectivity index (χ0v) is 12.5. The standard InChI is InChI=1S/C13H22N4S/c1-5-14-12-10(3)13(16-11(4)15-12)17-6-7-18-8-9(17)2/h9H,5-8H2,1-4H3,(H,14,15,16). The molecule has 5 heteroatoms. The number of nitrogens with zero attached hydrogens (tertiary/aromatic N) is 3. The highest BCUT2D eigenvalue weighted by atomic mass is 32.2. The van der Waals surface area contributed by atoms with Gasteiger partial charge in [0.2, 0.25) is 0 Å². The minimum absolute atomic E-state index is 0.547. The lowest BCUT2D eigenvalue weighted by molar-refractivity contribution is 0.684. The maximum atomic E-state index is 4.66. The number of rotatable bonds is 3. The molecule has 0 aromatic carbocycles. The van der Waals surface area contributed by atoms with Gasteiger partial charge in [0.05, 0.1) is 0 Å². The van der Waals surface area contributed by atoms with Gasteiger partial charge in [0.25, 0.3) is 0 Å². The predicted octanol–water partition coefficient (Wildman–Crippen LogP) is 2.47. The molecule has 1 atom stereocenters. The lowest BCUT2D eigenvalue weighted by Gasteiger charge is -2.35. The van der Waals surface area contributed by atoms with Crippen molar-refractivity contribution in [1.29, 1.82) is 0 Å². The molecular weight excluding hydrogens is 244 g/mol. The Morgan fingerprint density at radius 3 is 2.83 bits per heavy atom. The van der Waals surface area contributed by atoms with Crippen LogP contribution in [0.1, 0.15) is 25.2 Å². The van der Waals surface area contributed by atoms with E-state index in [-0.39, 0.29) is 0 Å². The number of hydrogen-bond donors (Lipinski definition) is 1. The van der Waals surface area contributed by atoms with Crippen molar-refractivity contribution in [3.8, 4) is 0 Å². The van der Waals surface area contributed by atoms with Crippen LogP contribution in [0.3, 0.4) is 0 Å². The van der Waals surface area contributed by atoms with Crippen LogP contribution >= 0.6 is 11.8 Å². The molecular formula is C13H22N4S. The van der Waals surface area contributed by atoms with Crippen LogP contribution < -0.4 is 10.2 Å². The van der Waals surface area contributed by atoms with Gasteiger partial charge in [-0.3, -0.25) is 0 Å². The smallest absolute Gasteiger partial charge is 0.137 e. The molecule has 1 aliphatic rings. The molecule has 1 aromatic rings. The molecule has 1 aromatic heterocycles. The topological polar surface area (TPSA) is 41.1 Å². The molecule has 0 bridgehead atoms. The summed E-state index contributed by atoms with van der Waals surface area (Å²) >= 11 is 2.03. The van der Waals surface area contributed by atoms with Gasteiger partial charge in [0.15, 0.2) is 0 Å². The Bertz CT molecular complexity index is 422. The fourth-order valence-corrected chi connectivity index (χ4v) is 3.29. The van der Waals surface area contributed by atoms with Crippen LogP contribution in [-0.2, 0) is 0 Å². The summed E-state index contributed by atoms with van der Waals surface area (Å²) in [5, 5.41) is 3.33. The van der Waals surface area contributed by atoms with Gasteiger partial charge >= 0.3 is 0 Å². The molecule has 100 valence electrons. The molecule has 18 heavy (non-hydrogen) atoms. The van der Waals surface area contributed by atoms with Crippen molar-refractivity contribution in [2.75, 3.05) is 34.8 Å². The van der Waals surface area contributed by atoms with Crippen molar-refractivity contribution < 1.29 is 0 Å². The van der Waals surface area contributed by atoms with Crippen LogP contribution in [0.5, 0.6) is 0 Å².